The fourth-order valence-electron chi connectivity index (χ4n) is 3.92. The van der Waals surface area contributed by atoms with E-state index >= 15 is 0 Å². The molecular formula is C22H35N7. The molecule has 3 rings (SSSR count). The number of aliphatic imine (C=N–C) groups is 1. The molecule has 158 valence electrons. The number of aryl methyl sites for hydroxylation is 1. The lowest BCUT2D eigenvalue weighted by atomic mass is 10.0. The number of hydrogen-bond acceptors (Lipinski definition) is 4. The van der Waals surface area contributed by atoms with Gasteiger partial charge in [0.2, 0.25) is 0 Å². The highest BCUT2D eigenvalue weighted by atomic mass is 15.2. The largest absolute Gasteiger partial charge is 0.357 e. The van der Waals surface area contributed by atoms with Gasteiger partial charge in [0.05, 0.1) is 6.54 Å². The molecule has 1 atom stereocenters. The number of likely N-dealkylation sites (tertiary alicyclic amines) is 1. The van der Waals surface area contributed by atoms with Crippen LogP contribution >= 0.6 is 0 Å². The number of nitrogens with zero attached hydrogens (tertiary/aromatic N) is 5. The van der Waals surface area contributed by atoms with Gasteiger partial charge >= 0.3 is 0 Å². The predicted molar refractivity (Wildman–Crippen MR) is 118 cm³/mol. The molecule has 1 fully saturated rings. The number of pyridine rings is 1. The molecule has 0 spiro atoms. The van der Waals surface area contributed by atoms with Crippen LogP contribution in [0.4, 0.5) is 0 Å². The van der Waals surface area contributed by atoms with Crippen molar-refractivity contribution in [1.82, 2.24) is 30.1 Å². The van der Waals surface area contributed by atoms with Crippen molar-refractivity contribution in [2.45, 2.75) is 59.0 Å². The summed E-state index contributed by atoms with van der Waals surface area (Å²) in [4.78, 5) is 16.2. The third-order valence-electron chi connectivity index (χ3n) is 5.56. The van der Waals surface area contributed by atoms with Gasteiger partial charge in [0, 0.05) is 44.3 Å². The van der Waals surface area contributed by atoms with E-state index in [2.05, 4.69) is 45.4 Å². The van der Waals surface area contributed by atoms with Crippen molar-refractivity contribution in [3.8, 4) is 5.82 Å². The number of imidazole rings is 1. The van der Waals surface area contributed by atoms with E-state index in [0.717, 1.165) is 48.8 Å². The van der Waals surface area contributed by atoms with Crippen LogP contribution in [0.2, 0.25) is 0 Å². The van der Waals surface area contributed by atoms with Crippen molar-refractivity contribution in [1.29, 1.82) is 0 Å². The van der Waals surface area contributed by atoms with Crippen LogP contribution in [0.1, 0.15) is 50.9 Å². The molecule has 2 aromatic heterocycles. The van der Waals surface area contributed by atoms with Gasteiger partial charge in [-0.15, -0.1) is 0 Å². The molecule has 1 saturated heterocycles. The maximum Gasteiger partial charge on any atom is 0.191 e. The zero-order chi connectivity index (χ0) is 20.5. The second-order valence-corrected chi connectivity index (χ2v) is 7.58. The smallest absolute Gasteiger partial charge is 0.191 e. The summed E-state index contributed by atoms with van der Waals surface area (Å²) in [7, 11) is 0. The van der Waals surface area contributed by atoms with Crippen LogP contribution < -0.4 is 10.6 Å². The summed E-state index contributed by atoms with van der Waals surface area (Å²) in [5.41, 5.74) is 1.09. The van der Waals surface area contributed by atoms with E-state index in [1.165, 1.54) is 32.2 Å². The first kappa shape index (κ1) is 21.3. The molecule has 2 N–H and O–H groups in total. The molecule has 7 nitrogen and oxygen atoms in total. The van der Waals surface area contributed by atoms with Crippen LogP contribution in [0, 0.1) is 6.92 Å². The molecule has 1 unspecified atom stereocenters. The zero-order valence-corrected chi connectivity index (χ0v) is 18.1. The number of hydrogen-bond donors (Lipinski definition) is 2. The van der Waals surface area contributed by atoms with E-state index in [4.69, 9.17) is 4.99 Å². The summed E-state index contributed by atoms with van der Waals surface area (Å²) in [5, 5.41) is 6.83. The molecule has 1 aliphatic heterocycles. The Morgan fingerprint density at radius 3 is 2.79 bits per heavy atom. The summed E-state index contributed by atoms with van der Waals surface area (Å²) in [5.74, 6) is 2.68. The lowest BCUT2D eigenvalue weighted by Crippen LogP contribution is -2.45. The first-order valence-electron chi connectivity index (χ1n) is 10.9. The third kappa shape index (κ3) is 6.03. The maximum atomic E-state index is 4.73. The Hall–Kier alpha value is -2.41. The Balaban J connectivity index is 1.52. The van der Waals surface area contributed by atoms with Crippen molar-refractivity contribution in [2.75, 3.05) is 26.2 Å². The van der Waals surface area contributed by atoms with E-state index < -0.39 is 0 Å². The van der Waals surface area contributed by atoms with Gasteiger partial charge in [-0.1, -0.05) is 19.4 Å². The van der Waals surface area contributed by atoms with Crippen molar-refractivity contribution in [3.05, 3.63) is 42.1 Å². The van der Waals surface area contributed by atoms with Gasteiger partial charge in [0.15, 0.2) is 5.96 Å². The van der Waals surface area contributed by atoms with E-state index in [0.29, 0.717) is 6.54 Å². The van der Waals surface area contributed by atoms with Crippen LogP contribution in [0.15, 0.2) is 35.7 Å². The molecule has 7 heteroatoms. The van der Waals surface area contributed by atoms with E-state index in [-0.39, 0.29) is 0 Å². The molecule has 29 heavy (non-hydrogen) atoms. The molecule has 0 aliphatic carbocycles. The Morgan fingerprint density at radius 2 is 2.10 bits per heavy atom. The van der Waals surface area contributed by atoms with Gasteiger partial charge in [-0.05, 0) is 51.3 Å². The Morgan fingerprint density at radius 1 is 1.21 bits per heavy atom. The molecule has 3 heterocycles. The fraction of sp³-hybridized carbons (Fsp3) is 0.591. The molecule has 0 amide bonds. The second kappa shape index (κ2) is 11.0. The molecule has 0 radical (unpaired) electrons. The molecule has 0 aromatic carbocycles. The van der Waals surface area contributed by atoms with E-state index in [1.54, 1.807) is 6.20 Å². The standard InChI is InChI=1S/C22H35N7/c1-4-20-8-6-7-13-28(20)14-11-25-22(23-5-2)27-17-19-9-10-21(26-16-19)29-15-12-24-18(29)3/h9-10,12,15-16,20H,4-8,11,13-14,17H2,1-3H3,(H2,23,25,27). The average Bonchev–Trinajstić information content (AvgIpc) is 3.18. The molecule has 1 aliphatic rings. The highest BCUT2D eigenvalue weighted by molar-refractivity contribution is 5.79. The number of nitrogens with one attached hydrogen (secondary N) is 2. The monoisotopic (exact) mass is 397 g/mol. The highest BCUT2D eigenvalue weighted by Crippen LogP contribution is 2.18. The molecule has 0 saturated carbocycles. The first-order chi connectivity index (χ1) is 14.2. The minimum atomic E-state index is 0.604. The van der Waals surface area contributed by atoms with Crippen molar-refractivity contribution >= 4 is 5.96 Å². The highest BCUT2D eigenvalue weighted by Gasteiger charge is 2.19. The van der Waals surface area contributed by atoms with Gasteiger partial charge in [-0.25, -0.2) is 15.0 Å². The molecule has 2 aromatic rings. The molecule has 0 bridgehead atoms. The Kier molecular flexibility index (Phi) is 8.04. The summed E-state index contributed by atoms with van der Waals surface area (Å²) < 4.78 is 1.98. The van der Waals surface area contributed by atoms with Crippen LogP contribution in [0.3, 0.4) is 0 Å². The summed E-state index contributed by atoms with van der Waals surface area (Å²) in [6, 6.07) is 4.84. The summed E-state index contributed by atoms with van der Waals surface area (Å²) in [6.45, 7) is 11.0. The zero-order valence-electron chi connectivity index (χ0n) is 18.1. The number of piperidine rings is 1. The lowest BCUT2D eigenvalue weighted by Gasteiger charge is -2.35. The third-order valence-corrected chi connectivity index (χ3v) is 5.56. The Labute approximate surface area is 174 Å². The quantitative estimate of drug-likeness (QED) is 0.529. The number of guanidine groups is 1. The van der Waals surface area contributed by atoms with Gasteiger partial charge in [0.1, 0.15) is 11.6 Å². The van der Waals surface area contributed by atoms with Crippen LogP contribution in [-0.4, -0.2) is 57.6 Å². The van der Waals surface area contributed by atoms with Crippen molar-refractivity contribution < 1.29 is 0 Å². The normalized spacial score (nSPS) is 18.0. The topological polar surface area (TPSA) is 70.4 Å². The lowest BCUT2D eigenvalue weighted by molar-refractivity contribution is 0.147. The van der Waals surface area contributed by atoms with Crippen molar-refractivity contribution in [3.63, 3.8) is 0 Å². The summed E-state index contributed by atoms with van der Waals surface area (Å²) in [6.07, 6.45) is 10.9. The SMILES string of the molecule is CCNC(=NCc1ccc(-n2ccnc2C)nc1)NCCN1CCCCC1CC. The second-order valence-electron chi connectivity index (χ2n) is 7.58. The number of aromatic nitrogens is 3. The van der Waals surface area contributed by atoms with Gasteiger partial charge in [-0.3, -0.25) is 9.47 Å². The van der Waals surface area contributed by atoms with Gasteiger partial charge < -0.3 is 10.6 Å². The minimum Gasteiger partial charge on any atom is -0.357 e. The van der Waals surface area contributed by atoms with E-state index in [1.807, 2.05) is 30.0 Å². The van der Waals surface area contributed by atoms with Crippen LogP contribution in [0.25, 0.3) is 5.82 Å². The van der Waals surface area contributed by atoms with E-state index in [9.17, 15) is 0 Å². The van der Waals surface area contributed by atoms with Crippen LogP contribution in [0.5, 0.6) is 0 Å². The van der Waals surface area contributed by atoms with Gasteiger partial charge in [0.25, 0.3) is 0 Å². The average molecular weight is 398 g/mol. The molecular weight excluding hydrogens is 362 g/mol. The Bertz CT molecular complexity index is 766. The minimum absolute atomic E-state index is 0.604. The van der Waals surface area contributed by atoms with Crippen molar-refractivity contribution in [2.24, 2.45) is 4.99 Å². The summed E-state index contributed by atoms with van der Waals surface area (Å²) >= 11 is 0. The first-order valence-corrected chi connectivity index (χ1v) is 10.9. The van der Waals surface area contributed by atoms with Gasteiger partial charge in [-0.2, -0.15) is 0 Å². The maximum absolute atomic E-state index is 4.73. The fourth-order valence-corrected chi connectivity index (χ4v) is 3.92. The predicted octanol–water partition coefficient (Wildman–Crippen LogP) is 2.90. The van der Waals surface area contributed by atoms with Crippen LogP contribution in [-0.2, 0) is 6.54 Å². The number of rotatable bonds is 8.